The fraction of sp³-hybridized carbons (Fsp3) is 0.250. The van der Waals surface area contributed by atoms with Crippen molar-refractivity contribution in [3.63, 3.8) is 0 Å². The van der Waals surface area contributed by atoms with Gasteiger partial charge in [0.25, 0.3) is 0 Å². The van der Waals surface area contributed by atoms with E-state index in [1.165, 1.54) is 17.4 Å². The van der Waals surface area contributed by atoms with Gasteiger partial charge in [0.1, 0.15) is 5.82 Å². The smallest absolute Gasteiger partial charge is 0.189 e. The van der Waals surface area contributed by atoms with Gasteiger partial charge in [0, 0.05) is 18.1 Å². The van der Waals surface area contributed by atoms with Gasteiger partial charge in [-0.15, -0.1) is 11.3 Å². The van der Waals surface area contributed by atoms with Crippen molar-refractivity contribution in [2.45, 2.75) is 6.42 Å². The number of hydrogen-bond acceptors (Lipinski definition) is 4. The molecule has 3 nitrogen and oxygen atoms in total. The van der Waals surface area contributed by atoms with Crippen LogP contribution in [0, 0.1) is 5.82 Å². The molecule has 0 aliphatic rings. The van der Waals surface area contributed by atoms with E-state index in [4.69, 9.17) is 5.73 Å². The van der Waals surface area contributed by atoms with Gasteiger partial charge in [-0.05, 0) is 25.1 Å². The van der Waals surface area contributed by atoms with Crippen LogP contribution in [0.25, 0.3) is 0 Å². The van der Waals surface area contributed by atoms with Gasteiger partial charge >= 0.3 is 0 Å². The maximum Gasteiger partial charge on any atom is 0.189 e. The first-order valence-corrected chi connectivity index (χ1v) is 6.32. The second-order valence-corrected chi connectivity index (χ2v) is 4.43. The Balaban J connectivity index is 2.30. The zero-order valence-corrected chi connectivity index (χ0v) is 10.2. The first-order valence-electron chi connectivity index (χ1n) is 5.44. The van der Waals surface area contributed by atoms with Crippen molar-refractivity contribution in [2.24, 2.45) is 5.73 Å². The Morgan fingerprint density at radius 2 is 2.18 bits per heavy atom. The Hall–Kier alpha value is -1.46. The van der Waals surface area contributed by atoms with Crippen LogP contribution in [0.1, 0.15) is 6.42 Å². The lowest BCUT2D eigenvalue weighted by Crippen LogP contribution is -2.21. The number of nitrogens with two attached hydrogens (primary N) is 1. The quantitative estimate of drug-likeness (QED) is 0.888. The number of thiazole rings is 1. The summed E-state index contributed by atoms with van der Waals surface area (Å²) in [5.41, 5.74) is 6.06. The summed E-state index contributed by atoms with van der Waals surface area (Å²) < 4.78 is 13.8. The lowest BCUT2D eigenvalue weighted by atomic mass is 10.2. The predicted molar refractivity (Wildman–Crippen MR) is 69.2 cm³/mol. The lowest BCUT2D eigenvalue weighted by molar-refractivity contribution is 0.623. The zero-order valence-electron chi connectivity index (χ0n) is 9.34. The highest BCUT2D eigenvalue weighted by molar-refractivity contribution is 7.13. The van der Waals surface area contributed by atoms with E-state index in [1.807, 2.05) is 16.3 Å². The number of nitrogens with zero attached hydrogens (tertiary/aromatic N) is 2. The molecular formula is C12H14FN3S. The van der Waals surface area contributed by atoms with Gasteiger partial charge in [-0.3, -0.25) is 0 Å². The molecule has 2 N–H and O–H groups in total. The highest BCUT2D eigenvalue weighted by Gasteiger charge is 2.14. The highest BCUT2D eigenvalue weighted by Crippen LogP contribution is 2.29. The van der Waals surface area contributed by atoms with Crippen LogP contribution in [0.5, 0.6) is 0 Å². The molecule has 0 fully saturated rings. The van der Waals surface area contributed by atoms with Crippen molar-refractivity contribution < 1.29 is 4.39 Å². The van der Waals surface area contributed by atoms with E-state index in [9.17, 15) is 4.39 Å². The van der Waals surface area contributed by atoms with E-state index < -0.39 is 0 Å². The van der Waals surface area contributed by atoms with Crippen LogP contribution in [0.15, 0.2) is 35.8 Å². The minimum Gasteiger partial charge on any atom is -0.330 e. The molecule has 0 unspecified atom stereocenters. The Labute approximate surface area is 104 Å². The van der Waals surface area contributed by atoms with Crippen LogP contribution >= 0.6 is 11.3 Å². The molecule has 0 amide bonds. The minimum absolute atomic E-state index is 0.236. The Morgan fingerprint density at radius 3 is 2.82 bits per heavy atom. The molecule has 90 valence electrons. The summed E-state index contributed by atoms with van der Waals surface area (Å²) in [4.78, 5) is 6.09. The third-order valence-electron chi connectivity index (χ3n) is 2.38. The van der Waals surface area contributed by atoms with Crippen LogP contribution in [0.3, 0.4) is 0 Å². The maximum atomic E-state index is 13.8. The normalized spacial score (nSPS) is 10.5. The Bertz CT molecular complexity index is 459. The van der Waals surface area contributed by atoms with E-state index in [2.05, 4.69) is 4.98 Å². The van der Waals surface area contributed by atoms with Gasteiger partial charge in [-0.2, -0.15) is 0 Å². The van der Waals surface area contributed by atoms with Crippen LogP contribution < -0.4 is 10.6 Å². The molecule has 0 atom stereocenters. The number of hydrogen-bond donors (Lipinski definition) is 1. The molecule has 0 aliphatic carbocycles. The van der Waals surface area contributed by atoms with Crippen molar-refractivity contribution in [1.29, 1.82) is 0 Å². The Morgan fingerprint density at radius 1 is 1.35 bits per heavy atom. The molecule has 5 heteroatoms. The maximum absolute atomic E-state index is 13.8. The van der Waals surface area contributed by atoms with Gasteiger partial charge in [0.15, 0.2) is 5.13 Å². The second kappa shape index (κ2) is 5.75. The molecule has 0 bridgehead atoms. The summed E-state index contributed by atoms with van der Waals surface area (Å²) >= 11 is 1.49. The first kappa shape index (κ1) is 12.0. The van der Waals surface area contributed by atoms with Crippen LogP contribution in [-0.4, -0.2) is 18.1 Å². The SMILES string of the molecule is NCCCN(c1nccs1)c1ccccc1F. The average Bonchev–Trinajstić information content (AvgIpc) is 2.85. The molecule has 0 aliphatic heterocycles. The molecule has 17 heavy (non-hydrogen) atoms. The average molecular weight is 251 g/mol. The molecule has 2 rings (SSSR count). The number of halogens is 1. The number of aromatic nitrogens is 1. The van der Waals surface area contributed by atoms with Gasteiger partial charge in [-0.1, -0.05) is 12.1 Å². The van der Waals surface area contributed by atoms with E-state index >= 15 is 0 Å². The molecule has 0 saturated carbocycles. The third kappa shape index (κ3) is 2.81. The molecule has 0 radical (unpaired) electrons. The summed E-state index contributed by atoms with van der Waals surface area (Å²) in [6.07, 6.45) is 2.52. The molecule has 2 aromatic rings. The zero-order chi connectivity index (χ0) is 12.1. The largest absolute Gasteiger partial charge is 0.330 e. The van der Waals surface area contributed by atoms with Gasteiger partial charge < -0.3 is 10.6 Å². The summed E-state index contributed by atoms with van der Waals surface area (Å²) in [6.45, 7) is 1.25. The van der Waals surface area contributed by atoms with E-state index in [0.29, 0.717) is 18.8 Å². The van der Waals surface area contributed by atoms with Gasteiger partial charge in [0.05, 0.1) is 5.69 Å². The third-order valence-corrected chi connectivity index (χ3v) is 3.17. The monoisotopic (exact) mass is 251 g/mol. The summed E-state index contributed by atoms with van der Waals surface area (Å²) in [5, 5.41) is 2.68. The van der Waals surface area contributed by atoms with Gasteiger partial charge in [0.2, 0.25) is 0 Å². The van der Waals surface area contributed by atoms with Crippen LogP contribution in [-0.2, 0) is 0 Å². The minimum atomic E-state index is -0.236. The summed E-state index contributed by atoms with van der Waals surface area (Å²) in [6, 6.07) is 6.72. The van der Waals surface area contributed by atoms with Crippen molar-refractivity contribution in [3.8, 4) is 0 Å². The Kier molecular flexibility index (Phi) is 4.06. The number of benzene rings is 1. The first-order chi connectivity index (χ1) is 8.33. The number of anilines is 2. The predicted octanol–water partition coefficient (Wildman–Crippen LogP) is 2.77. The highest BCUT2D eigenvalue weighted by atomic mass is 32.1. The fourth-order valence-electron chi connectivity index (χ4n) is 1.59. The van der Waals surface area contributed by atoms with Crippen molar-refractivity contribution in [1.82, 2.24) is 4.98 Å². The molecule has 1 aromatic carbocycles. The lowest BCUT2D eigenvalue weighted by Gasteiger charge is -2.22. The van der Waals surface area contributed by atoms with E-state index in [0.717, 1.165) is 11.6 Å². The molecular weight excluding hydrogens is 237 g/mol. The van der Waals surface area contributed by atoms with Crippen molar-refractivity contribution in [2.75, 3.05) is 18.0 Å². The number of para-hydroxylation sites is 1. The van der Waals surface area contributed by atoms with Crippen molar-refractivity contribution in [3.05, 3.63) is 41.7 Å². The summed E-state index contributed by atoms with van der Waals surface area (Å²) in [5.74, 6) is -0.236. The second-order valence-electron chi connectivity index (χ2n) is 3.56. The molecule has 0 spiro atoms. The summed E-state index contributed by atoms with van der Waals surface area (Å²) in [7, 11) is 0. The molecule has 1 aromatic heterocycles. The van der Waals surface area contributed by atoms with Gasteiger partial charge in [-0.25, -0.2) is 9.37 Å². The molecule has 0 saturated heterocycles. The number of rotatable bonds is 5. The topological polar surface area (TPSA) is 42.1 Å². The van der Waals surface area contributed by atoms with Crippen LogP contribution in [0.2, 0.25) is 0 Å². The van der Waals surface area contributed by atoms with E-state index in [1.54, 1.807) is 18.3 Å². The fourth-order valence-corrected chi connectivity index (χ4v) is 2.27. The van der Waals surface area contributed by atoms with Crippen LogP contribution in [0.4, 0.5) is 15.2 Å². The standard InChI is InChI=1S/C12H14FN3S/c13-10-4-1-2-5-11(10)16(8-3-6-14)12-15-7-9-17-12/h1-2,4-5,7,9H,3,6,8,14H2. The van der Waals surface area contributed by atoms with Crippen molar-refractivity contribution >= 4 is 22.2 Å². The van der Waals surface area contributed by atoms with E-state index in [-0.39, 0.29) is 5.82 Å². The molecule has 1 heterocycles.